The minimum Gasteiger partial charge on any atom is -0.381 e. The first kappa shape index (κ1) is 22.9. The number of nitrogens with zero attached hydrogens (tertiary/aromatic N) is 2. The van der Waals surface area contributed by atoms with E-state index in [9.17, 15) is 18.5 Å². The molecule has 0 aromatic heterocycles. The van der Waals surface area contributed by atoms with Gasteiger partial charge in [0.2, 0.25) is 10.0 Å². The number of anilines is 2. The van der Waals surface area contributed by atoms with Crippen LogP contribution in [0.1, 0.15) is 46.7 Å². The molecule has 0 aliphatic carbocycles. The average Bonchev–Trinajstić information content (AvgIpc) is 3.14. The predicted molar refractivity (Wildman–Crippen MR) is 124 cm³/mol. The number of halogens is 2. The first-order valence-corrected chi connectivity index (χ1v) is 12.6. The molecule has 10 heteroatoms. The highest BCUT2D eigenvalue weighted by molar-refractivity contribution is 7.93. The fourth-order valence-electron chi connectivity index (χ4n) is 4.07. The van der Waals surface area contributed by atoms with E-state index in [1.54, 1.807) is 6.07 Å². The van der Waals surface area contributed by atoms with Crippen LogP contribution in [0.5, 0.6) is 0 Å². The number of carbonyl (C=O) groups excluding carboxylic acids is 1. The van der Waals surface area contributed by atoms with Crippen LogP contribution in [0, 0.1) is 11.3 Å². The summed E-state index contributed by atoms with van der Waals surface area (Å²) < 4.78 is 31.3. The SMILES string of the molecule is N#Cc1cc(NC(=O)c2cc(N3CCCS3(=O)=O)cc(Cl)c2Cl)cc(C2CCOCC2)c1. The summed E-state index contributed by atoms with van der Waals surface area (Å²) in [5.41, 5.74) is 2.22. The van der Waals surface area contributed by atoms with Crippen molar-refractivity contribution < 1.29 is 17.9 Å². The molecule has 32 heavy (non-hydrogen) atoms. The van der Waals surface area contributed by atoms with Gasteiger partial charge in [-0.05, 0) is 61.1 Å². The lowest BCUT2D eigenvalue weighted by atomic mass is 9.90. The van der Waals surface area contributed by atoms with Gasteiger partial charge in [-0.25, -0.2) is 8.42 Å². The number of amides is 1. The van der Waals surface area contributed by atoms with Gasteiger partial charge in [0.15, 0.2) is 0 Å². The van der Waals surface area contributed by atoms with E-state index < -0.39 is 15.9 Å². The van der Waals surface area contributed by atoms with E-state index in [-0.39, 0.29) is 27.3 Å². The number of nitriles is 1. The Hall–Kier alpha value is -2.31. The quantitative estimate of drug-likeness (QED) is 0.672. The van der Waals surface area contributed by atoms with Crippen LogP contribution in [0.3, 0.4) is 0 Å². The Morgan fingerprint density at radius 1 is 1.16 bits per heavy atom. The van der Waals surface area contributed by atoms with Crippen molar-refractivity contribution in [3.05, 3.63) is 57.1 Å². The number of ether oxygens (including phenoxy) is 1. The molecule has 1 amide bonds. The lowest BCUT2D eigenvalue weighted by Gasteiger charge is -2.23. The molecule has 168 valence electrons. The molecule has 0 radical (unpaired) electrons. The topological polar surface area (TPSA) is 99.5 Å². The van der Waals surface area contributed by atoms with Crippen molar-refractivity contribution in [3.63, 3.8) is 0 Å². The molecule has 0 atom stereocenters. The predicted octanol–water partition coefficient (Wildman–Crippen LogP) is 4.55. The van der Waals surface area contributed by atoms with Gasteiger partial charge in [-0.15, -0.1) is 0 Å². The van der Waals surface area contributed by atoms with Gasteiger partial charge >= 0.3 is 0 Å². The Morgan fingerprint density at radius 2 is 1.91 bits per heavy atom. The monoisotopic (exact) mass is 493 g/mol. The molecule has 7 nitrogen and oxygen atoms in total. The van der Waals surface area contributed by atoms with Crippen LogP contribution >= 0.6 is 23.2 Å². The van der Waals surface area contributed by atoms with Gasteiger partial charge in [0, 0.05) is 25.4 Å². The number of carbonyl (C=O) groups is 1. The van der Waals surface area contributed by atoms with E-state index in [0.29, 0.717) is 43.1 Å². The summed E-state index contributed by atoms with van der Waals surface area (Å²) in [6.45, 7) is 1.63. The third-order valence-electron chi connectivity index (χ3n) is 5.68. The lowest BCUT2D eigenvalue weighted by molar-refractivity contribution is 0.0853. The maximum atomic E-state index is 13.1. The molecule has 2 aliphatic rings. The highest BCUT2D eigenvalue weighted by Crippen LogP contribution is 2.35. The molecule has 2 aromatic carbocycles. The Kier molecular flexibility index (Phi) is 6.63. The summed E-state index contributed by atoms with van der Waals surface area (Å²) in [6, 6.07) is 10.3. The van der Waals surface area contributed by atoms with E-state index >= 15 is 0 Å². The third-order valence-corrected chi connectivity index (χ3v) is 8.35. The van der Waals surface area contributed by atoms with Crippen LogP contribution < -0.4 is 9.62 Å². The molecule has 2 heterocycles. The number of hydrogen-bond donors (Lipinski definition) is 1. The van der Waals surface area contributed by atoms with Crippen molar-refractivity contribution in [1.82, 2.24) is 0 Å². The van der Waals surface area contributed by atoms with E-state index in [1.807, 2.05) is 12.1 Å². The first-order valence-electron chi connectivity index (χ1n) is 10.2. The van der Waals surface area contributed by atoms with Gasteiger partial charge in [-0.2, -0.15) is 5.26 Å². The highest BCUT2D eigenvalue weighted by Gasteiger charge is 2.30. The van der Waals surface area contributed by atoms with Crippen molar-refractivity contribution in [2.45, 2.75) is 25.2 Å². The normalized spacial score (nSPS) is 18.3. The molecule has 2 aliphatic heterocycles. The summed E-state index contributed by atoms with van der Waals surface area (Å²) in [4.78, 5) is 13.1. The van der Waals surface area contributed by atoms with Crippen LogP contribution in [-0.4, -0.2) is 39.8 Å². The third kappa shape index (κ3) is 4.71. The van der Waals surface area contributed by atoms with Crippen molar-refractivity contribution in [2.75, 3.05) is 35.1 Å². The Bertz CT molecular complexity index is 1200. The summed E-state index contributed by atoms with van der Waals surface area (Å²) in [7, 11) is -3.44. The van der Waals surface area contributed by atoms with E-state index in [4.69, 9.17) is 27.9 Å². The largest absolute Gasteiger partial charge is 0.381 e. The number of nitrogens with one attached hydrogen (secondary N) is 1. The van der Waals surface area contributed by atoms with Gasteiger partial charge in [0.05, 0.1) is 38.7 Å². The Morgan fingerprint density at radius 3 is 2.56 bits per heavy atom. The van der Waals surface area contributed by atoms with Gasteiger partial charge in [-0.1, -0.05) is 23.2 Å². The molecule has 0 spiro atoms. The second-order valence-electron chi connectivity index (χ2n) is 7.83. The zero-order valence-electron chi connectivity index (χ0n) is 17.1. The van der Waals surface area contributed by atoms with Crippen molar-refractivity contribution in [3.8, 4) is 6.07 Å². The molecule has 2 fully saturated rings. The van der Waals surface area contributed by atoms with Crippen LogP contribution in [0.4, 0.5) is 11.4 Å². The second-order valence-corrected chi connectivity index (χ2v) is 10.6. The first-order chi connectivity index (χ1) is 15.3. The van der Waals surface area contributed by atoms with E-state index in [1.165, 1.54) is 16.4 Å². The van der Waals surface area contributed by atoms with Crippen LogP contribution in [0.25, 0.3) is 0 Å². The summed E-state index contributed by atoms with van der Waals surface area (Å²) in [5, 5.41) is 12.3. The molecule has 2 aromatic rings. The van der Waals surface area contributed by atoms with E-state index in [2.05, 4.69) is 11.4 Å². The molecule has 2 saturated heterocycles. The van der Waals surface area contributed by atoms with Crippen molar-refractivity contribution in [2.24, 2.45) is 0 Å². The van der Waals surface area contributed by atoms with Crippen LogP contribution in [0.2, 0.25) is 10.0 Å². The molecule has 4 rings (SSSR count). The number of rotatable bonds is 4. The molecular weight excluding hydrogens is 473 g/mol. The summed E-state index contributed by atoms with van der Waals surface area (Å²) >= 11 is 12.5. The summed E-state index contributed by atoms with van der Waals surface area (Å²) in [6.07, 6.45) is 2.19. The Labute approximate surface area is 196 Å². The standard InChI is InChI=1S/C22H21Cl2N3O4S/c23-20-12-18(27-4-1-7-32(27,29)30)11-19(21(20)24)22(28)26-17-9-14(13-25)8-16(10-17)15-2-5-31-6-3-15/h8-12,15H,1-7H2,(H,26,28). The van der Waals surface area contributed by atoms with Gasteiger partial charge in [-0.3, -0.25) is 9.10 Å². The minimum absolute atomic E-state index is 0.0330. The average molecular weight is 494 g/mol. The van der Waals surface area contributed by atoms with Crippen molar-refractivity contribution in [1.29, 1.82) is 5.26 Å². The maximum Gasteiger partial charge on any atom is 0.257 e. The lowest BCUT2D eigenvalue weighted by Crippen LogP contribution is -2.25. The molecule has 0 bridgehead atoms. The minimum atomic E-state index is -3.44. The number of benzene rings is 2. The zero-order chi connectivity index (χ0) is 22.9. The second kappa shape index (κ2) is 9.28. The van der Waals surface area contributed by atoms with Crippen LogP contribution in [0.15, 0.2) is 30.3 Å². The van der Waals surface area contributed by atoms with Crippen LogP contribution in [-0.2, 0) is 14.8 Å². The fourth-order valence-corrected chi connectivity index (χ4v) is 6.02. The van der Waals surface area contributed by atoms with Gasteiger partial charge < -0.3 is 10.1 Å². The molecular formula is C22H21Cl2N3O4S. The molecule has 0 unspecified atom stereocenters. The van der Waals surface area contributed by atoms with Crippen molar-refractivity contribution >= 4 is 50.5 Å². The molecule has 1 N–H and O–H groups in total. The van der Waals surface area contributed by atoms with Gasteiger partial charge in [0.1, 0.15) is 0 Å². The van der Waals surface area contributed by atoms with Gasteiger partial charge in [0.25, 0.3) is 5.91 Å². The number of hydrogen-bond acceptors (Lipinski definition) is 5. The number of sulfonamides is 1. The Balaban J connectivity index is 1.65. The highest BCUT2D eigenvalue weighted by atomic mass is 35.5. The summed E-state index contributed by atoms with van der Waals surface area (Å²) in [5.74, 6) is -0.247. The molecule has 0 saturated carbocycles. The fraction of sp³-hybridized carbons (Fsp3) is 0.364. The van der Waals surface area contributed by atoms with E-state index in [0.717, 1.165) is 18.4 Å². The smallest absolute Gasteiger partial charge is 0.257 e. The maximum absolute atomic E-state index is 13.1. The zero-order valence-corrected chi connectivity index (χ0v) is 19.4.